The van der Waals surface area contributed by atoms with Gasteiger partial charge in [-0.15, -0.1) is 0 Å². The molecule has 3 aromatic rings. The van der Waals surface area contributed by atoms with Gasteiger partial charge in [-0.05, 0) is 32.0 Å². The van der Waals surface area contributed by atoms with Crippen LogP contribution in [0.1, 0.15) is 27.3 Å². The number of H-pyrrole nitrogens is 1. The predicted molar refractivity (Wildman–Crippen MR) is 105 cm³/mol. The molecular weight excluding hydrogens is 358 g/mol. The number of hydrogen-bond acceptors (Lipinski definition) is 5. The Morgan fingerprint density at radius 2 is 1.89 bits per heavy atom. The standard InChI is InChI=1S/C21H21N3O4/c1-13-11-16(25)19(14(2)24-13)20(26)23-12-15-7-6-10-22-21(15)28-18-9-5-4-8-17(18)27-3/h4-11H,12H2,1-3H3,(H,23,26)(H,24,25). The molecule has 144 valence electrons. The second-order valence-corrected chi connectivity index (χ2v) is 6.22. The van der Waals surface area contributed by atoms with Gasteiger partial charge in [-0.2, -0.15) is 0 Å². The predicted octanol–water partition coefficient (Wildman–Crippen LogP) is 3.12. The number of aromatic amines is 1. The fourth-order valence-corrected chi connectivity index (χ4v) is 2.85. The lowest BCUT2D eigenvalue weighted by atomic mass is 10.1. The minimum atomic E-state index is -0.453. The Morgan fingerprint density at radius 3 is 2.61 bits per heavy atom. The molecule has 2 N–H and O–H groups in total. The van der Waals surface area contributed by atoms with E-state index < -0.39 is 5.91 Å². The molecular formula is C21H21N3O4. The molecule has 0 saturated heterocycles. The van der Waals surface area contributed by atoms with Crippen molar-refractivity contribution >= 4 is 5.91 Å². The van der Waals surface area contributed by atoms with E-state index in [-0.39, 0.29) is 17.5 Å². The lowest BCUT2D eigenvalue weighted by molar-refractivity contribution is 0.0948. The molecule has 0 saturated carbocycles. The van der Waals surface area contributed by atoms with E-state index in [2.05, 4.69) is 15.3 Å². The molecule has 0 bridgehead atoms. The monoisotopic (exact) mass is 379 g/mol. The first-order valence-electron chi connectivity index (χ1n) is 8.73. The van der Waals surface area contributed by atoms with Crippen LogP contribution in [0.5, 0.6) is 17.4 Å². The van der Waals surface area contributed by atoms with Crippen LogP contribution in [-0.4, -0.2) is 23.0 Å². The summed E-state index contributed by atoms with van der Waals surface area (Å²) in [7, 11) is 1.56. The number of amides is 1. The Bertz CT molecular complexity index is 1060. The van der Waals surface area contributed by atoms with Crippen LogP contribution in [0.2, 0.25) is 0 Å². The zero-order valence-electron chi connectivity index (χ0n) is 15.9. The summed E-state index contributed by atoms with van der Waals surface area (Å²) in [6, 6.07) is 12.2. The molecule has 1 aromatic carbocycles. The molecule has 0 aliphatic rings. The first-order valence-corrected chi connectivity index (χ1v) is 8.73. The van der Waals surface area contributed by atoms with E-state index in [0.717, 1.165) is 0 Å². The largest absolute Gasteiger partial charge is 0.493 e. The van der Waals surface area contributed by atoms with Crippen LogP contribution in [0, 0.1) is 13.8 Å². The van der Waals surface area contributed by atoms with E-state index in [0.29, 0.717) is 34.3 Å². The highest BCUT2D eigenvalue weighted by Gasteiger charge is 2.16. The molecule has 2 aromatic heterocycles. The number of aryl methyl sites for hydroxylation is 2. The summed E-state index contributed by atoms with van der Waals surface area (Å²) < 4.78 is 11.2. The number of nitrogens with one attached hydrogen (secondary N) is 2. The lowest BCUT2D eigenvalue weighted by Crippen LogP contribution is -2.30. The van der Waals surface area contributed by atoms with Gasteiger partial charge in [-0.1, -0.05) is 18.2 Å². The van der Waals surface area contributed by atoms with Crippen LogP contribution >= 0.6 is 0 Å². The average molecular weight is 379 g/mol. The number of benzene rings is 1. The average Bonchev–Trinajstić information content (AvgIpc) is 2.67. The third-order valence-corrected chi connectivity index (χ3v) is 4.15. The second kappa shape index (κ2) is 8.39. The topological polar surface area (TPSA) is 93.3 Å². The summed E-state index contributed by atoms with van der Waals surface area (Å²) >= 11 is 0. The molecule has 2 heterocycles. The molecule has 0 radical (unpaired) electrons. The number of hydrogen-bond donors (Lipinski definition) is 2. The quantitative estimate of drug-likeness (QED) is 0.686. The number of nitrogens with zero attached hydrogens (tertiary/aromatic N) is 1. The summed E-state index contributed by atoms with van der Waals surface area (Å²) in [5.41, 5.74) is 1.69. The highest BCUT2D eigenvalue weighted by Crippen LogP contribution is 2.31. The Kier molecular flexibility index (Phi) is 5.74. The molecule has 0 aliphatic carbocycles. The summed E-state index contributed by atoms with van der Waals surface area (Å²) in [6.07, 6.45) is 1.60. The van der Waals surface area contributed by atoms with Crippen LogP contribution in [-0.2, 0) is 6.54 Å². The lowest BCUT2D eigenvalue weighted by Gasteiger charge is -2.13. The van der Waals surface area contributed by atoms with E-state index in [9.17, 15) is 9.59 Å². The van der Waals surface area contributed by atoms with Gasteiger partial charge in [0.1, 0.15) is 5.56 Å². The van der Waals surface area contributed by atoms with Crippen molar-refractivity contribution in [3.8, 4) is 17.4 Å². The van der Waals surface area contributed by atoms with Gasteiger partial charge in [0.05, 0.1) is 7.11 Å². The molecule has 0 fully saturated rings. The van der Waals surface area contributed by atoms with Crippen LogP contribution in [0.3, 0.4) is 0 Å². The van der Waals surface area contributed by atoms with Crippen LogP contribution in [0.15, 0.2) is 53.5 Å². The first kappa shape index (κ1) is 19.2. The van der Waals surface area contributed by atoms with Crippen LogP contribution in [0.4, 0.5) is 0 Å². The fourth-order valence-electron chi connectivity index (χ4n) is 2.85. The number of pyridine rings is 2. The third kappa shape index (κ3) is 4.20. The molecule has 0 spiro atoms. The van der Waals surface area contributed by atoms with Crippen molar-refractivity contribution in [2.24, 2.45) is 0 Å². The van der Waals surface area contributed by atoms with Gasteiger partial charge in [0.2, 0.25) is 5.88 Å². The highest BCUT2D eigenvalue weighted by molar-refractivity contribution is 5.95. The Balaban J connectivity index is 1.79. The maximum atomic E-state index is 12.5. The second-order valence-electron chi connectivity index (χ2n) is 6.22. The van der Waals surface area contributed by atoms with Crippen LogP contribution in [0.25, 0.3) is 0 Å². The normalized spacial score (nSPS) is 10.4. The summed E-state index contributed by atoms with van der Waals surface area (Å²) in [4.78, 5) is 31.9. The molecule has 3 rings (SSSR count). The summed E-state index contributed by atoms with van der Waals surface area (Å²) in [5.74, 6) is 0.986. The summed E-state index contributed by atoms with van der Waals surface area (Å²) in [5, 5.41) is 2.76. The van der Waals surface area contributed by atoms with Crippen molar-refractivity contribution in [2.45, 2.75) is 20.4 Å². The summed E-state index contributed by atoms with van der Waals surface area (Å²) in [6.45, 7) is 3.63. The first-order chi connectivity index (χ1) is 13.5. The maximum absolute atomic E-state index is 12.5. The minimum absolute atomic E-state index is 0.0988. The van der Waals surface area contributed by atoms with Gasteiger partial charge in [0, 0.05) is 35.8 Å². The highest BCUT2D eigenvalue weighted by atomic mass is 16.5. The van der Waals surface area contributed by atoms with Gasteiger partial charge in [0.15, 0.2) is 16.9 Å². The minimum Gasteiger partial charge on any atom is -0.493 e. The number of para-hydroxylation sites is 2. The van der Waals surface area contributed by atoms with Crippen LogP contribution < -0.4 is 20.2 Å². The van der Waals surface area contributed by atoms with Gasteiger partial charge in [0.25, 0.3) is 5.91 Å². The third-order valence-electron chi connectivity index (χ3n) is 4.15. The van der Waals surface area contributed by atoms with E-state index >= 15 is 0 Å². The van der Waals surface area contributed by atoms with Gasteiger partial charge in [-0.25, -0.2) is 4.98 Å². The van der Waals surface area contributed by atoms with Crippen molar-refractivity contribution in [1.82, 2.24) is 15.3 Å². The fraction of sp³-hybridized carbons (Fsp3) is 0.190. The Labute approximate surface area is 162 Å². The Morgan fingerprint density at radius 1 is 1.14 bits per heavy atom. The maximum Gasteiger partial charge on any atom is 0.257 e. The van der Waals surface area contributed by atoms with Crippen molar-refractivity contribution in [3.05, 3.63) is 81.4 Å². The van der Waals surface area contributed by atoms with E-state index in [1.54, 1.807) is 51.4 Å². The van der Waals surface area contributed by atoms with Gasteiger partial charge >= 0.3 is 0 Å². The molecule has 0 aliphatic heterocycles. The van der Waals surface area contributed by atoms with Crippen molar-refractivity contribution in [2.75, 3.05) is 7.11 Å². The Hall–Kier alpha value is -3.61. The van der Waals surface area contributed by atoms with Gasteiger partial charge < -0.3 is 19.8 Å². The number of rotatable bonds is 6. The molecule has 7 heteroatoms. The van der Waals surface area contributed by atoms with Crippen molar-refractivity contribution < 1.29 is 14.3 Å². The number of carbonyl (C=O) groups is 1. The molecule has 0 unspecified atom stereocenters. The number of methoxy groups -OCH3 is 1. The smallest absolute Gasteiger partial charge is 0.257 e. The van der Waals surface area contributed by atoms with E-state index in [1.165, 1.54) is 6.07 Å². The van der Waals surface area contributed by atoms with E-state index in [1.807, 2.05) is 12.1 Å². The number of aromatic nitrogens is 2. The molecule has 28 heavy (non-hydrogen) atoms. The number of ether oxygens (including phenoxy) is 2. The zero-order valence-corrected chi connectivity index (χ0v) is 15.9. The van der Waals surface area contributed by atoms with Crippen molar-refractivity contribution in [1.29, 1.82) is 0 Å². The SMILES string of the molecule is COc1ccccc1Oc1ncccc1CNC(=O)c1c(C)[nH]c(C)cc1=O. The zero-order chi connectivity index (χ0) is 20.1. The van der Waals surface area contributed by atoms with Crippen molar-refractivity contribution in [3.63, 3.8) is 0 Å². The molecule has 1 amide bonds. The number of carbonyl (C=O) groups excluding carboxylic acids is 1. The van der Waals surface area contributed by atoms with Gasteiger partial charge in [-0.3, -0.25) is 9.59 Å². The van der Waals surface area contributed by atoms with E-state index in [4.69, 9.17) is 9.47 Å². The molecule has 7 nitrogen and oxygen atoms in total. The molecule has 0 atom stereocenters.